The number of thiophene rings is 1. The first-order valence-corrected chi connectivity index (χ1v) is 12.6. The molecule has 1 N–H and O–H groups in total. The molecule has 2 fully saturated rings. The number of carbonyl (C=O) groups is 3. The van der Waals surface area contributed by atoms with E-state index >= 15 is 0 Å². The molecule has 7 nitrogen and oxygen atoms in total. The van der Waals surface area contributed by atoms with E-state index in [-0.39, 0.29) is 35.0 Å². The Bertz CT molecular complexity index is 777. The topological polar surface area (TPSA) is 73.0 Å². The fourth-order valence-corrected chi connectivity index (χ4v) is 5.58. The number of hydrogen-bond acceptors (Lipinski definition) is 5. The average Bonchev–Trinajstić information content (AvgIpc) is 3.31. The number of nitrogens with one attached hydrogen (secondary N) is 1. The second kappa shape index (κ2) is 10.8. The third-order valence-electron chi connectivity index (χ3n) is 6.53. The summed E-state index contributed by atoms with van der Waals surface area (Å²) in [6.07, 6.45) is 2.89. The van der Waals surface area contributed by atoms with Crippen molar-refractivity contribution in [2.45, 2.75) is 39.5 Å². The Morgan fingerprint density at radius 2 is 1.62 bits per heavy atom. The van der Waals surface area contributed by atoms with Crippen LogP contribution in [0, 0.1) is 17.3 Å². The Hall–Kier alpha value is -1.93. The summed E-state index contributed by atoms with van der Waals surface area (Å²) in [6, 6.07) is 3.75. The summed E-state index contributed by atoms with van der Waals surface area (Å²) in [6.45, 7) is 8.45. The Morgan fingerprint density at radius 3 is 2.19 bits per heavy atom. The summed E-state index contributed by atoms with van der Waals surface area (Å²) in [5.74, 6) is 0.356. The van der Waals surface area contributed by atoms with E-state index in [1.165, 1.54) is 11.3 Å². The molecule has 3 heterocycles. The summed E-state index contributed by atoms with van der Waals surface area (Å²) >= 11 is 1.46. The van der Waals surface area contributed by atoms with Crippen LogP contribution < -0.4 is 5.32 Å². The lowest BCUT2D eigenvalue weighted by molar-refractivity contribution is -0.140. The summed E-state index contributed by atoms with van der Waals surface area (Å²) in [5.41, 5.74) is 0.0234. The number of likely N-dealkylation sites (tertiary alicyclic amines) is 2. The van der Waals surface area contributed by atoms with E-state index in [4.69, 9.17) is 0 Å². The van der Waals surface area contributed by atoms with E-state index in [1.54, 1.807) is 0 Å². The van der Waals surface area contributed by atoms with Gasteiger partial charge in [-0.15, -0.1) is 11.3 Å². The normalized spacial score (nSPS) is 18.8. The van der Waals surface area contributed by atoms with Crippen molar-refractivity contribution in [3.05, 3.63) is 22.4 Å². The molecule has 2 aliphatic heterocycles. The van der Waals surface area contributed by atoms with Crippen LogP contribution in [0.3, 0.4) is 0 Å². The molecule has 0 atom stereocenters. The van der Waals surface area contributed by atoms with Gasteiger partial charge in [-0.3, -0.25) is 14.4 Å². The van der Waals surface area contributed by atoms with Crippen molar-refractivity contribution in [3.8, 4) is 0 Å². The fraction of sp³-hybridized carbons (Fsp3) is 0.708. The summed E-state index contributed by atoms with van der Waals surface area (Å²) < 4.78 is 0. The maximum Gasteiger partial charge on any atom is 0.263 e. The van der Waals surface area contributed by atoms with Gasteiger partial charge in [-0.2, -0.15) is 0 Å². The standard InChI is InChI=1S/C24H38N4O3S/c1-24(2,17-26(3)4)16-25-21(29)18-7-11-27(12-8-18)22(30)19-9-13-28(14-10-19)23(31)20-6-5-15-32-20/h5-6,15,18-19H,7-14,16-17H2,1-4H3,(H,25,29). The van der Waals surface area contributed by atoms with Gasteiger partial charge >= 0.3 is 0 Å². The minimum absolute atomic E-state index is 0.0143. The monoisotopic (exact) mass is 462 g/mol. The lowest BCUT2D eigenvalue weighted by Gasteiger charge is -2.37. The molecule has 2 aliphatic rings. The molecule has 0 aliphatic carbocycles. The molecule has 1 aromatic rings. The van der Waals surface area contributed by atoms with Crippen molar-refractivity contribution in [1.29, 1.82) is 0 Å². The molecule has 0 spiro atoms. The van der Waals surface area contributed by atoms with Gasteiger partial charge in [-0.05, 0) is 56.6 Å². The van der Waals surface area contributed by atoms with Gasteiger partial charge < -0.3 is 20.0 Å². The average molecular weight is 463 g/mol. The summed E-state index contributed by atoms with van der Waals surface area (Å²) in [5, 5.41) is 5.04. The van der Waals surface area contributed by atoms with Gasteiger partial charge in [0.2, 0.25) is 11.8 Å². The van der Waals surface area contributed by atoms with Crippen molar-refractivity contribution in [1.82, 2.24) is 20.0 Å². The van der Waals surface area contributed by atoms with E-state index in [2.05, 4.69) is 24.1 Å². The Morgan fingerprint density at radius 1 is 1.03 bits per heavy atom. The van der Waals surface area contributed by atoms with Crippen LogP contribution >= 0.6 is 11.3 Å². The molecule has 2 saturated heterocycles. The van der Waals surface area contributed by atoms with Crippen LogP contribution in [0.5, 0.6) is 0 Å². The molecule has 3 amide bonds. The molecule has 0 unspecified atom stereocenters. The molecule has 0 radical (unpaired) electrons. The van der Waals surface area contributed by atoms with Crippen LogP contribution in [0.25, 0.3) is 0 Å². The Labute approximate surface area is 196 Å². The predicted octanol–water partition coefficient (Wildman–Crippen LogP) is 2.54. The van der Waals surface area contributed by atoms with Crippen molar-refractivity contribution >= 4 is 29.1 Å². The SMILES string of the molecule is CN(C)CC(C)(C)CNC(=O)C1CCN(C(=O)C2CCN(C(=O)c3cccs3)CC2)CC1. The molecular weight excluding hydrogens is 424 g/mol. The van der Waals surface area contributed by atoms with Crippen molar-refractivity contribution in [2.75, 3.05) is 53.4 Å². The minimum atomic E-state index is -0.0144. The van der Waals surface area contributed by atoms with Gasteiger partial charge in [-0.1, -0.05) is 19.9 Å². The highest BCUT2D eigenvalue weighted by Gasteiger charge is 2.34. The van der Waals surface area contributed by atoms with Crippen LogP contribution in [0.2, 0.25) is 0 Å². The Balaban J connectivity index is 1.40. The van der Waals surface area contributed by atoms with E-state index in [0.29, 0.717) is 32.7 Å². The van der Waals surface area contributed by atoms with Crippen LogP contribution in [-0.2, 0) is 9.59 Å². The molecular formula is C24H38N4O3S. The molecule has 0 saturated carbocycles. The van der Waals surface area contributed by atoms with Crippen LogP contribution in [0.4, 0.5) is 0 Å². The zero-order chi connectivity index (χ0) is 23.3. The molecule has 8 heteroatoms. The highest BCUT2D eigenvalue weighted by atomic mass is 32.1. The lowest BCUT2D eigenvalue weighted by Crippen LogP contribution is -2.48. The Kier molecular flexibility index (Phi) is 8.33. The van der Waals surface area contributed by atoms with Gasteiger partial charge in [0, 0.05) is 51.1 Å². The van der Waals surface area contributed by atoms with Crippen LogP contribution in [0.1, 0.15) is 49.2 Å². The molecule has 0 aromatic carbocycles. The fourth-order valence-electron chi connectivity index (χ4n) is 4.89. The van der Waals surface area contributed by atoms with E-state index in [1.807, 2.05) is 41.4 Å². The van der Waals surface area contributed by atoms with Crippen molar-refractivity contribution in [3.63, 3.8) is 0 Å². The second-order valence-electron chi connectivity index (χ2n) is 10.3. The highest BCUT2D eigenvalue weighted by Crippen LogP contribution is 2.25. The largest absolute Gasteiger partial charge is 0.355 e. The third kappa shape index (κ3) is 6.54. The van der Waals surface area contributed by atoms with Crippen LogP contribution in [0.15, 0.2) is 17.5 Å². The molecule has 0 bridgehead atoms. The van der Waals surface area contributed by atoms with Gasteiger partial charge in [0.05, 0.1) is 4.88 Å². The van der Waals surface area contributed by atoms with Gasteiger partial charge in [0.1, 0.15) is 0 Å². The number of rotatable bonds is 7. The van der Waals surface area contributed by atoms with Gasteiger partial charge in [0.25, 0.3) is 5.91 Å². The minimum Gasteiger partial charge on any atom is -0.355 e. The molecule has 178 valence electrons. The van der Waals surface area contributed by atoms with Crippen LogP contribution in [-0.4, -0.2) is 85.8 Å². The molecule has 1 aromatic heterocycles. The number of nitrogens with zero attached hydrogens (tertiary/aromatic N) is 3. The van der Waals surface area contributed by atoms with Gasteiger partial charge in [0.15, 0.2) is 0 Å². The number of carbonyl (C=O) groups excluding carboxylic acids is 3. The molecule has 32 heavy (non-hydrogen) atoms. The zero-order valence-electron chi connectivity index (χ0n) is 19.9. The zero-order valence-corrected chi connectivity index (χ0v) is 20.7. The second-order valence-corrected chi connectivity index (χ2v) is 11.2. The van der Waals surface area contributed by atoms with Crippen molar-refractivity contribution < 1.29 is 14.4 Å². The van der Waals surface area contributed by atoms with Gasteiger partial charge in [-0.25, -0.2) is 0 Å². The third-order valence-corrected chi connectivity index (χ3v) is 7.38. The summed E-state index contributed by atoms with van der Waals surface area (Å²) in [4.78, 5) is 44.9. The van der Waals surface area contributed by atoms with E-state index in [9.17, 15) is 14.4 Å². The van der Waals surface area contributed by atoms with Crippen molar-refractivity contribution in [2.24, 2.45) is 17.3 Å². The first-order valence-electron chi connectivity index (χ1n) is 11.7. The molecule has 3 rings (SSSR count). The maximum absolute atomic E-state index is 13.0. The number of hydrogen-bond donors (Lipinski definition) is 1. The first kappa shape index (κ1) is 24.7. The highest BCUT2D eigenvalue weighted by molar-refractivity contribution is 7.12. The van der Waals surface area contributed by atoms with E-state index < -0.39 is 0 Å². The van der Waals surface area contributed by atoms with E-state index in [0.717, 1.165) is 37.1 Å². The smallest absolute Gasteiger partial charge is 0.263 e. The lowest BCUT2D eigenvalue weighted by atomic mass is 9.90. The predicted molar refractivity (Wildman–Crippen MR) is 128 cm³/mol. The maximum atomic E-state index is 13.0. The number of amides is 3. The number of piperidine rings is 2. The first-order chi connectivity index (χ1) is 15.2. The quantitative estimate of drug-likeness (QED) is 0.676. The summed E-state index contributed by atoms with van der Waals surface area (Å²) in [7, 11) is 4.09.